The predicted octanol–water partition coefficient (Wildman–Crippen LogP) is 2.51. The first-order valence-corrected chi connectivity index (χ1v) is 8.76. The summed E-state index contributed by atoms with van der Waals surface area (Å²) in [5, 5.41) is 2.59. The SMILES string of the molecule is O=C(COC(=O)COc1ccccc1F)Nc1ccc(N2CCCC2=O)cc1. The van der Waals surface area contributed by atoms with Gasteiger partial charge < -0.3 is 19.7 Å². The molecule has 0 saturated carbocycles. The molecule has 1 saturated heterocycles. The second kappa shape index (κ2) is 8.98. The molecule has 2 aromatic carbocycles. The van der Waals surface area contributed by atoms with Gasteiger partial charge in [-0.25, -0.2) is 9.18 Å². The molecule has 1 aliphatic heterocycles. The number of carbonyl (C=O) groups is 3. The lowest BCUT2D eigenvalue weighted by Gasteiger charge is -2.16. The van der Waals surface area contributed by atoms with Crippen LogP contribution in [0.4, 0.5) is 15.8 Å². The minimum absolute atomic E-state index is 0.0690. The van der Waals surface area contributed by atoms with Gasteiger partial charge in [0.15, 0.2) is 24.8 Å². The smallest absolute Gasteiger partial charge is 0.344 e. The van der Waals surface area contributed by atoms with Crippen LogP contribution in [0.2, 0.25) is 0 Å². The molecule has 0 unspecified atom stereocenters. The molecule has 2 amide bonds. The lowest BCUT2D eigenvalue weighted by molar-refractivity contribution is -0.149. The van der Waals surface area contributed by atoms with Crippen molar-refractivity contribution in [2.75, 3.05) is 30.0 Å². The number of para-hydroxylation sites is 1. The minimum Gasteiger partial charge on any atom is -0.479 e. The third-order valence-corrected chi connectivity index (χ3v) is 4.08. The number of anilines is 2. The molecule has 146 valence electrons. The van der Waals surface area contributed by atoms with Gasteiger partial charge in [-0.3, -0.25) is 9.59 Å². The molecule has 7 nitrogen and oxygen atoms in total. The van der Waals surface area contributed by atoms with E-state index in [-0.39, 0.29) is 11.7 Å². The van der Waals surface area contributed by atoms with E-state index < -0.39 is 30.9 Å². The average molecular weight is 386 g/mol. The van der Waals surface area contributed by atoms with Crippen molar-refractivity contribution in [3.8, 4) is 5.75 Å². The molecule has 0 atom stereocenters. The Morgan fingerprint density at radius 2 is 1.82 bits per heavy atom. The van der Waals surface area contributed by atoms with E-state index in [1.165, 1.54) is 18.2 Å². The molecule has 0 spiro atoms. The van der Waals surface area contributed by atoms with E-state index in [1.54, 1.807) is 35.2 Å². The zero-order chi connectivity index (χ0) is 19.9. The predicted molar refractivity (Wildman–Crippen MR) is 99.5 cm³/mol. The number of hydrogen-bond donors (Lipinski definition) is 1. The zero-order valence-corrected chi connectivity index (χ0v) is 15.0. The Bertz CT molecular complexity index is 869. The Morgan fingerprint density at radius 1 is 1.07 bits per heavy atom. The summed E-state index contributed by atoms with van der Waals surface area (Å²) in [5.74, 6) is -1.89. The largest absolute Gasteiger partial charge is 0.479 e. The van der Waals surface area contributed by atoms with E-state index in [4.69, 9.17) is 9.47 Å². The first-order chi connectivity index (χ1) is 13.5. The van der Waals surface area contributed by atoms with E-state index in [0.29, 0.717) is 18.7 Å². The summed E-state index contributed by atoms with van der Waals surface area (Å²) in [6.07, 6.45) is 1.38. The fourth-order valence-corrected chi connectivity index (χ4v) is 2.73. The molecule has 0 radical (unpaired) electrons. The molecular weight excluding hydrogens is 367 g/mol. The first kappa shape index (κ1) is 19.3. The van der Waals surface area contributed by atoms with E-state index in [9.17, 15) is 18.8 Å². The van der Waals surface area contributed by atoms with Crippen LogP contribution in [-0.2, 0) is 19.1 Å². The zero-order valence-electron chi connectivity index (χ0n) is 15.0. The number of esters is 1. The number of amides is 2. The molecule has 0 aromatic heterocycles. The summed E-state index contributed by atoms with van der Waals surface area (Å²) in [7, 11) is 0. The monoisotopic (exact) mass is 386 g/mol. The second-order valence-corrected chi connectivity index (χ2v) is 6.12. The lowest BCUT2D eigenvalue weighted by Crippen LogP contribution is -2.24. The number of ether oxygens (including phenoxy) is 2. The molecule has 8 heteroatoms. The maximum atomic E-state index is 13.4. The van der Waals surface area contributed by atoms with Gasteiger partial charge in [0.25, 0.3) is 5.91 Å². The number of halogens is 1. The molecular formula is C20H19FN2O5. The Hall–Kier alpha value is -3.42. The van der Waals surface area contributed by atoms with Gasteiger partial charge in [0, 0.05) is 24.3 Å². The molecule has 0 bridgehead atoms. The molecule has 1 N–H and O–H groups in total. The van der Waals surface area contributed by atoms with Crippen LogP contribution in [0.1, 0.15) is 12.8 Å². The average Bonchev–Trinajstić information content (AvgIpc) is 3.12. The summed E-state index contributed by atoms with van der Waals surface area (Å²) < 4.78 is 23.2. The van der Waals surface area contributed by atoms with Crippen LogP contribution in [0.3, 0.4) is 0 Å². The summed E-state index contributed by atoms with van der Waals surface area (Å²) in [6, 6.07) is 12.5. The third kappa shape index (κ3) is 5.06. The van der Waals surface area contributed by atoms with Crippen molar-refractivity contribution >= 4 is 29.2 Å². The Morgan fingerprint density at radius 3 is 2.50 bits per heavy atom. The topological polar surface area (TPSA) is 84.9 Å². The Kier molecular flexibility index (Phi) is 6.21. The highest BCUT2D eigenvalue weighted by atomic mass is 19.1. The van der Waals surface area contributed by atoms with Gasteiger partial charge >= 0.3 is 5.97 Å². The van der Waals surface area contributed by atoms with E-state index in [1.807, 2.05) is 0 Å². The fraction of sp³-hybridized carbons (Fsp3) is 0.250. The van der Waals surface area contributed by atoms with Crippen LogP contribution >= 0.6 is 0 Å². The van der Waals surface area contributed by atoms with Crippen LogP contribution in [0.15, 0.2) is 48.5 Å². The summed E-state index contributed by atoms with van der Waals surface area (Å²) in [6.45, 7) is -0.311. The minimum atomic E-state index is -0.790. The molecule has 1 fully saturated rings. The van der Waals surface area contributed by atoms with Gasteiger partial charge in [-0.1, -0.05) is 12.1 Å². The number of nitrogens with zero attached hydrogens (tertiary/aromatic N) is 1. The highest BCUT2D eigenvalue weighted by Gasteiger charge is 2.21. The van der Waals surface area contributed by atoms with E-state index in [0.717, 1.165) is 12.1 Å². The van der Waals surface area contributed by atoms with Crippen molar-refractivity contribution in [2.24, 2.45) is 0 Å². The van der Waals surface area contributed by atoms with Crippen molar-refractivity contribution in [3.63, 3.8) is 0 Å². The second-order valence-electron chi connectivity index (χ2n) is 6.12. The van der Waals surface area contributed by atoms with Gasteiger partial charge in [-0.05, 0) is 42.8 Å². The summed E-state index contributed by atoms with van der Waals surface area (Å²) in [4.78, 5) is 36.9. The maximum absolute atomic E-state index is 13.4. The number of carbonyl (C=O) groups excluding carboxylic acids is 3. The fourth-order valence-electron chi connectivity index (χ4n) is 2.73. The van der Waals surface area contributed by atoms with Gasteiger partial charge in [0.1, 0.15) is 0 Å². The molecule has 0 aliphatic carbocycles. The van der Waals surface area contributed by atoms with Crippen molar-refractivity contribution in [1.29, 1.82) is 0 Å². The normalized spacial score (nSPS) is 13.3. The Labute approximate surface area is 161 Å². The van der Waals surface area contributed by atoms with E-state index in [2.05, 4.69) is 5.32 Å². The molecule has 2 aromatic rings. The van der Waals surface area contributed by atoms with Crippen LogP contribution < -0.4 is 15.0 Å². The first-order valence-electron chi connectivity index (χ1n) is 8.76. The van der Waals surface area contributed by atoms with Crippen LogP contribution in [0, 0.1) is 5.82 Å². The summed E-state index contributed by atoms with van der Waals surface area (Å²) in [5.41, 5.74) is 1.29. The van der Waals surface area contributed by atoms with Crippen LogP contribution in [0.25, 0.3) is 0 Å². The van der Waals surface area contributed by atoms with Crippen LogP contribution in [-0.4, -0.2) is 37.5 Å². The molecule has 3 rings (SSSR count). The summed E-state index contributed by atoms with van der Waals surface area (Å²) >= 11 is 0. The van der Waals surface area contributed by atoms with Crippen LogP contribution in [0.5, 0.6) is 5.75 Å². The standard InChI is InChI=1S/C20H19FN2O5/c21-16-4-1-2-5-17(16)27-13-20(26)28-12-18(24)22-14-7-9-15(10-8-14)23-11-3-6-19(23)25/h1-2,4-5,7-10H,3,6,11-13H2,(H,22,24). The van der Waals surface area contributed by atoms with E-state index >= 15 is 0 Å². The van der Waals surface area contributed by atoms with Gasteiger partial charge in [0.05, 0.1) is 0 Å². The number of nitrogens with one attached hydrogen (secondary N) is 1. The maximum Gasteiger partial charge on any atom is 0.344 e. The van der Waals surface area contributed by atoms with Gasteiger partial charge in [0.2, 0.25) is 5.91 Å². The van der Waals surface area contributed by atoms with Gasteiger partial charge in [-0.15, -0.1) is 0 Å². The highest BCUT2D eigenvalue weighted by Crippen LogP contribution is 2.23. The number of rotatable bonds is 7. The van der Waals surface area contributed by atoms with Crippen molar-refractivity contribution in [2.45, 2.75) is 12.8 Å². The third-order valence-electron chi connectivity index (χ3n) is 4.08. The quantitative estimate of drug-likeness (QED) is 0.739. The molecule has 1 aliphatic rings. The lowest BCUT2D eigenvalue weighted by atomic mass is 10.2. The highest BCUT2D eigenvalue weighted by molar-refractivity contribution is 5.96. The molecule has 28 heavy (non-hydrogen) atoms. The van der Waals surface area contributed by atoms with Crippen molar-refractivity contribution in [3.05, 3.63) is 54.3 Å². The van der Waals surface area contributed by atoms with Crippen molar-refractivity contribution < 1.29 is 28.2 Å². The Balaban J connectivity index is 1.42. The number of benzene rings is 2. The van der Waals surface area contributed by atoms with Crippen molar-refractivity contribution in [1.82, 2.24) is 0 Å². The molecule has 1 heterocycles. The van der Waals surface area contributed by atoms with Gasteiger partial charge in [-0.2, -0.15) is 0 Å². The number of hydrogen-bond acceptors (Lipinski definition) is 5.